The van der Waals surface area contributed by atoms with E-state index < -0.39 is 18.1 Å². The summed E-state index contributed by atoms with van der Waals surface area (Å²) in [6, 6.07) is 5.29. The van der Waals surface area contributed by atoms with Gasteiger partial charge in [-0.05, 0) is 53.6 Å². The summed E-state index contributed by atoms with van der Waals surface area (Å²) in [4.78, 5) is 37.0. The highest BCUT2D eigenvalue weighted by Crippen LogP contribution is 2.50. The summed E-state index contributed by atoms with van der Waals surface area (Å²) in [5.41, 5.74) is 2.70. The number of anilines is 1. The van der Waals surface area contributed by atoms with Gasteiger partial charge in [-0.1, -0.05) is 19.9 Å². The van der Waals surface area contributed by atoms with Gasteiger partial charge in [0.25, 0.3) is 0 Å². The van der Waals surface area contributed by atoms with Gasteiger partial charge >= 0.3 is 5.97 Å². The summed E-state index contributed by atoms with van der Waals surface area (Å²) in [5.74, 6) is -0.151. The Balaban J connectivity index is 2.34. The fourth-order valence-electron chi connectivity index (χ4n) is 4.51. The van der Waals surface area contributed by atoms with Gasteiger partial charge in [-0.2, -0.15) is 0 Å². The molecule has 1 aliphatic carbocycles. The van der Waals surface area contributed by atoms with E-state index in [1.165, 1.54) is 27.2 Å². The van der Waals surface area contributed by atoms with Crippen LogP contribution in [0.25, 0.3) is 11.1 Å². The van der Waals surface area contributed by atoms with E-state index >= 15 is 0 Å². The summed E-state index contributed by atoms with van der Waals surface area (Å²) >= 11 is 0. The quantitative estimate of drug-likeness (QED) is 0.521. The Kier molecular flexibility index (Phi) is 7.89. The van der Waals surface area contributed by atoms with Crippen LogP contribution in [0.4, 0.5) is 5.69 Å². The van der Waals surface area contributed by atoms with Gasteiger partial charge in [-0.3, -0.25) is 9.59 Å². The lowest BCUT2D eigenvalue weighted by Gasteiger charge is -2.19. The standard InChI is InChI=1S/C26H32N2O7/c1-13(2)23(26(31)32)28-19-10-8-16-17(12-20(19)30)18(27-14(3)29)9-7-15-11-21(33-4)24(34-5)25(35-6)22(15)16/h8,10-13,18,23H,7,9H2,1-6H3,(H,27,29)(H,28,30)(H,31,32)/t18-,23-/m1/s1. The second kappa shape index (κ2) is 10.7. The molecule has 9 heteroatoms. The number of nitrogens with one attached hydrogen (secondary N) is 2. The SMILES string of the molecule is COc1cc2c(c(OC)c1OC)-c1ccc(N[C@@H](C(=O)O)C(C)C)c(=O)cc1[C@H](NC(C)=O)CC2. The van der Waals surface area contributed by atoms with Crippen molar-refractivity contribution >= 4 is 17.6 Å². The van der Waals surface area contributed by atoms with Crippen LogP contribution in [0.2, 0.25) is 0 Å². The van der Waals surface area contributed by atoms with Crippen LogP contribution >= 0.6 is 0 Å². The van der Waals surface area contributed by atoms with Gasteiger partial charge in [-0.15, -0.1) is 0 Å². The molecule has 9 nitrogen and oxygen atoms in total. The molecule has 0 fully saturated rings. The zero-order valence-corrected chi connectivity index (χ0v) is 20.9. The average molecular weight is 485 g/mol. The molecular formula is C26H32N2O7. The second-order valence-corrected chi connectivity index (χ2v) is 8.80. The number of carboxylic acid groups (broad SMARTS) is 1. The van der Waals surface area contributed by atoms with Gasteiger partial charge in [0.1, 0.15) is 6.04 Å². The van der Waals surface area contributed by atoms with Gasteiger partial charge in [0.15, 0.2) is 11.5 Å². The van der Waals surface area contributed by atoms with Crippen LogP contribution in [0.1, 0.15) is 44.4 Å². The van der Waals surface area contributed by atoms with Crippen LogP contribution in [0.3, 0.4) is 0 Å². The van der Waals surface area contributed by atoms with Gasteiger partial charge in [-0.25, -0.2) is 4.79 Å². The molecule has 0 saturated heterocycles. The number of carboxylic acids is 1. The minimum absolute atomic E-state index is 0.154. The topological polar surface area (TPSA) is 123 Å². The Morgan fingerprint density at radius 1 is 1.06 bits per heavy atom. The lowest BCUT2D eigenvalue weighted by molar-refractivity contribution is -0.138. The Labute approximate surface area is 204 Å². The summed E-state index contributed by atoms with van der Waals surface area (Å²) in [6.45, 7) is 4.96. The molecule has 0 aliphatic heterocycles. The molecule has 188 valence electrons. The molecule has 3 N–H and O–H groups in total. The van der Waals surface area contributed by atoms with Crippen molar-refractivity contribution in [3.05, 3.63) is 45.6 Å². The highest BCUT2D eigenvalue weighted by Gasteiger charge is 2.30. The number of benzene rings is 1. The lowest BCUT2D eigenvalue weighted by atomic mass is 9.95. The van der Waals surface area contributed by atoms with Crippen molar-refractivity contribution in [3.63, 3.8) is 0 Å². The average Bonchev–Trinajstić information content (AvgIpc) is 3.04. The van der Waals surface area contributed by atoms with Gasteiger partial charge < -0.3 is 30.0 Å². The minimum Gasteiger partial charge on any atom is -0.493 e. The molecule has 35 heavy (non-hydrogen) atoms. The van der Waals surface area contributed by atoms with Crippen molar-refractivity contribution < 1.29 is 28.9 Å². The zero-order chi connectivity index (χ0) is 25.9. The summed E-state index contributed by atoms with van der Waals surface area (Å²) in [7, 11) is 4.59. The smallest absolute Gasteiger partial charge is 0.326 e. The molecule has 1 aliphatic rings. The molecule has 0 heterocycles. The van der Waals surface area contributed by atoms with Crippen LogP contribution in [0.5, 0.6) is 17.2 Å². The molecule has 2 aromatic rings. The zero-order valence-electron chi connectivity index (χ0n) is 20.9. The maximum absolute atomic E-state index is 13.3. The number of amides is 1. The van der Waals surface area contributed by atoms with E-state index in [-0.39, 0.29) is 22.9 Å². The molecule has 3 rings (SSSR count). The number of fused-ring (bicyclic) bond motifs is 3. The molecule has 0 unspecified atom stereocenters. The van der Waals surface area contributed by atoms with E-state index in [0.29, 0.717) is 41.2 Å². The normalized spacial score (nSPS) is 15.2. The number of carbonyl (C=O) groups excluding carboxylic acids is 1. The van der Waals surface area contributed by atoms with E-state index in [9.17, 15) is 19.5 Å². The van der Waals surface area contributed by atoms with E-state index in [1.807, 2.05) is 6.07 Å². The molecule has 1 amide bonds. The first-order chi connectivity index (χ1) is 16.6. The lowest BCUT2D eigenvalue weighted by Crippen LogP contribution is -2.35. The number of ether oxygens (including phenoxy) is 3. The van der Waals surface area contributed by atoms with Crippen molar-refractivity contribution in [2.75, 3.05) is 26.6 Å². The molecule has 0 bridgehead atoms. The third-order valence-electron chi connectivity index (χ3n) is 6.16. The van der Waals surface area contributed by atoms with Gasteiger partial charge in [0.2, 0.25) is 17.1 Å². The summed E-state index contributed by atoms with van der Waals surface area (Å²) in [6.07, 6.45) is 1.12. The number of hydrogen-bond donors (Lipinski definition) is 3. The van der Waals surface area contributed by atoms with Gasteiger partial charge in [0, 0.05) is 12.5 Å². The van der Waals surface area contributed by atoms with E-state index in [4.69, 9.17) is 14.2 Å². The maximum atomic E-state index is 13.3. The fourth-order valence-corrected chi connectivity index (χ4v) is 4.51. The first-order valence-corrected chi connectivity index (χ1v) is 11.4. The highest BCUT2D eigenvalue weighted by molar-refractivity contribution is 5.84. The van der Waals surface area contributed by atoms with E-state index in [1.54, 1.807) is 33.1 Å². The molecule has 0 aromatic heterocycles. The first kappa shape index (κ1) is 25.9. The molecule has 0 saturated carbocycles. The number of hydrogen-bond acceptors (Lipinski definition) is 7. The first-order valence-electron chi connectivity index (χ1n) is 11.4. The Morgan fingerprint density at radius 3 is 2.29 bits per heavy atom. The monoisotopic (exact) mass is 484 g/mol. The third-order valence-corrected chi connectivity index (χ3v) is 6.16. The molecular weight excluding hydrogens is 452 g/mol. The van der Waals surface area contributed by atoms with Crippen LogP contribution < -0.4 is 30.3 Å². The Bertz CT molecular complexity index is 1190. The molecule has 2 aromatic carbocycles. The predicted octanol–water partition coefficient (Wildman–Crippen LogP) is 3.38. The molecule has 0 radical (unpaired) electrons. The number of rotatable bonds is 8. The summed E-state index contributed by atoms with van der Waals surface area (Å²) in [5, 5.41) is 15.4. The van der Waals surface area contributed by atoms with Crippen molar-refractivity contribution in [2.24, 2.45) is 5.92 Å². The highest BCUT2D eigenvalue weighted by atomic mass is 16.5. The molecule has 2 atom stereocenters. The van der Waals surface area contributed by atoms with E-state index in [0.717, 1.165) is 11.1 Å². The number of aliphatic carboxylic acids is 1. The fraction of sp³-hybridized carbons (Fsp3) is 0.423. The molecule has 0 spiro atoms. The van der Waals surface area contributed by atoms with Crippen LogP contribution in [-0.2, 0) is 16.0 Å². The van der Waals surface area contributed by atoms with E-state index in [2.05, 4.69) is 10.6 Å². The van der Waals surface area contributed by atoms with Crippen LogP contribution in [-0.4, -0.2) is 44.4 Å². The largest absolute Gasteiger partial charge is 0.493 e. The third kappa shape index (κ3) is 5.18. The number of carbonyl (C=O) groups is 2. The number of methoxy groups -OCH3 is 3. The second-order valence-electron chi connectivity index (χ2n) is 8.80. The van der Waals surface area contributed by atoms with Crippen molar-refractivity contribution in [2.45, 2.75) is 45.7 Å². The van der Waals surface area contributed by atoms with Crippen molar-refractivity contribution in [3.8, 4) is 28.4 Å². The predicted molar refractivity (Wildman–Crippen MR) is 133 cm³/mol. The van der Waals surface area contributed by atoms with Crippen LogP contribution in [0.15, 0.2) is 29.1 Å². The van der Waals surface area contributed by atoms with Crippen LogP contribution in [0, 0.1) is 5.92 Å². The number of aryl methyl sites for hydroxylation is 1. The minimum atomic E-state index is -1.05. The summed E-state index contributed by atoms with van der Waals surface area (Å²) < 4.78 is 16.9. The van der Waals surface area contributed by atoms with Gasteiger partial charge in [0.05, 0.1) is 33.1 Å². The maximum Gasteiger partial charge on any atom is 0.326 e. The Hall–Kier alpha value is -3.75. The van der Waals surface area contributed by atoms with Crippen molar-refractivity contribution in [1.82, 2.24) is 5.32 Å². The van der Waals surface area contributed by atoms with Crippen molar-refractivity contribution in [1.29, 1.82) is 0 Å². The Morgan fingerprint density at radius 2 is 1.74 bits per heavy atom.